The molecule has 0 radical (unpaired) electrons. The average Bonchev–Trinajstić information content (AvgIpc) is 2.18. The first-order valence-electron chi connectivity index (χ1n) is 5.69. The minimum Gasteiger partial charge on any atom is -0.313 e. The zero-order valence-corrected chi connectivity index (χ0v) is 10.7. The molecule has 1 aliphatic heterocycles. The molecule has 0 bridgehead atoms. The van der Waals surface area contributed by atoms with Crippen molar-refractivity contribution in [1.29, 1.82) is 0 Å². The molecule has 0 aliphatic carbocycles. The van der Waals surface area contributed by atoms with Crippen molar-refractivity contribution in [3.63, 3.8) is 0 Å². The lowest BCUT2D eigenvalue weighted by Gasteiger charge is -2.32. The Hall–Kier alpha value is -0.140. The van der Waals surface area contributed by atoms with E-state index in [2.05, 4.69) is 5.32 Å². The van der Waals surface area contributed by atoms with E-state index >= 15 is 0 Å². The van der Waals surface area contributed by atoms with Crippen molar-refractivity contribution in [1.82, 2.24) is 10.2 Å². The van der Waals surface area contributed by atoms with Crippen LogP contribution in [0.15, 0.2) is 0 Å². The molecule has 0 aromatic carbocycles. The molecule has 0 aromatic heterocycles. The normalized spacial score (nSPS) is 21.6. The molecule has 1 atom stereocenters. The van der Waals surface area contributed by atoms with Gasteiger partial charge in [-0.15, -0.1) is 0 Å². The van der Waals surface area contributed by atoms with Crippen LogP contribution in [0.5, 0.6) is 0 Å². The molecule has 1 fully saturated rings. The first kappa shape index (κ1) is 14.9. The third kappa shape index (κ3) is 7.00. The predicted octanol–water partition coefficient (Wildman–Crippen LogP) is 0.981. The van der Waals surface area contributed by atoms with E-state index in [0.29, 0.717) is 25.4 Å². The van der Waals surface area contributed by atoms with Crippen LogP contribution in [-0.4, -0.2) is 59.5 Å². The lowest BCUT2D eigenvalue weighted by molar-refractivity contribution is -0.148. The van der Waals surface area contributed by atoms with Gasteiger partial charge in [0.2, 0.25) is 0 Å². The molecule has 102 valence electrons. The molecule has 0 saturated carbocycles. The van der Waals surface area contributed by atoms with Gasteiger partial charge in [0.1, 0.15) is 0 Å². The Kier molecular flexibility index (Phi) is 5.88. The summed E-state index contributed by atoms with van der Waals surface area (Å²) in [4.78, 5) is 1.44. The van der Waals surface area contributed by atoms with E-state index in [4.69, 9.17) is 0 Å². The van der Waals surface area contributed by atoms with Gasteiger partial charge in [-0.1, -0.05) is 0 Å². The van der Waals surface area contributed by atoms with Gasteiger partial charge in [0.05, 0.1) is 6.54 Å². The number of nitrogens with one attached hydrogen (secondary N) is 1. The van der Waals surface area contributed by atoms with E-state index in [0.717, 1.165) is 12.8 Å². The topological polar surface area (TPSA) is 32.3 Å². The zero-order chi connectivity index (χ0) is 12.9. The maximum absolute atomic E-state index is 12.1. The molecule has 0 amide bonds. The highest BCUT2D eigenvalue weighted by Crippen LogP contribution is 2.19. The summed E-state index contributed by atoms with van der Waals surface area (Å²) in [7, 11) is -0.812. The van der Waals surface area contributed by atoms with Crippen LogP contribution in [0.1, 0.15) is 12.8 Å². The number of hydrogen-bond acceptors (Lipinski definition) is 3. The predicted molar refractivity (Wildman–Crippen MR) is 62.5 cm³/mol. The van der Waals surface area contributed by atoms with Gasteiger partial charge < -0.3 is 5.32 Å². The van der Waals surface area contributed by atoms with Gasteiger partial charge in [-0.25, -0.2) is 0 Å². The number of hydrogen-bond donors (Lipinski definition) is 1. The van der Waals surface area contributed by atoms with Crippen LogP contribution in [0.4, 0.5) is 13.2 Å². The average molecular weight is 272 g/mol. The Bertz CT molecular complexity index is 252. The minimum atomic E-state index is -4.10. The highest BCUT2D eigenvalue weighted by Gasteiger charge is 2.32. The Morgan fingerprint density at radius 1 is 1.35 bits per heavy atom. The van der Waals surface area contributed by atoms with Gasteiger partial charge in [-0.05, 0) is 25.9 Å². The molecule has 1 heterocycles. The first-order valence-corrected chi connectivity index (χ1v) is 7.42. The van der Waals surface area contributed by atoms with Crippen molar-refractivity contribution in [3.8, 4) is 0 Å². The zero-order valence-electron chi connectivity index (χ0n) is 9.92. The highest BCUT2D eigenvalue weighted by atomic mass is 32.2. The van der Waals surface area contributed by atoms with Gasteiger partial charge in [-0.2, -0.15) is 13.2 Å². The van der Waals surface area contributed by atoms with Crippen LogP contribution < -0.4 is 5.32 Å². The number of halogens is 3. The Morgan fingerprint density at radius 3 is 2.41 bits per heavy atom. The van der Waals surface area contributed by atoms with Crippen molar-refractivity contribution in [2.24, 2.45) is 0 Å². The highest BCUT2D eigenvalue weighted by molar-refractivity contribution is 7.84. The van der Waals surface area contributed by atoms with Crippen molar-refractivity contribution in [2.75, 3.05) is 38.2 Å². The smallest absolute Gasteiger partial charge is 0.313 e. The fourth-order valence-electron chi connectivity index (χ4n) is 1.96. The SMILES string of the molecule is CS(=O)CCNC1CCN(CC(F)(F)F)CC1. The summed E-state index contributed by atoms with van der Waals surface area (Å²) in [5, 5.41) is 3.24. The maximum Gasteiger partial charge on any atom is 0.401 e. The Morgan fingerprint density at radius 2 is 1.94 bits per heavy atom. The lowest BCUT2D eigenvalue weighted by Crippen LogP contribution is -2.46. The van der Waals surface area contributed by atoms with Crippen molar-refractivity contribution in [3.05, 3.63) is 0 Å². The largest absolute Gasteiger partial charge is 0.401 e. The monoisotopic (exact) mass is 272 g/mol. The van der Waals surface area contributed by atoms with Gasteiger partial charge in [-0.3, -0.25) is 9.11 Å². The molecule has 0 spiro atoms. The molecule has 1 aliphatic rings. The summed E-state index contributed by atoms with van der Waals surface area (Å²) in [6, 6.07) is 0.267. The molecule has 3 nitrogen and oxygen atoms in total. The molecule has 17 heavy (non-hydrogen) atoms. The first-order chi connectivity index (χ1) is 7.87. The Labute approximate surface area is 102 Å². The second kappa shape index (κ2) is 6.70. The number of alkyl halides is 3. The quantitative estimate of drug-likeness (QED) is 0.810. The molecule has 1 saturated heterocycles. The number of nitrogens with zero attached hydrogens (tertiary/aromatic N) is 1. The van der Waals surface area contributed by atoms with Gasteiger partial charge in [0, 0.05) is 35.4 Å². The maximum atomic E-state index is 12.1. The molecule has 0 aromatic rings. The van der Waals surface area contributed by atoms with Gasteiger partial charge in [0.25, 0.3) is 0 Å². The molecule has 1 rings (SSSR count). The molecular formula is C10H19F3N2OS. The fourth-order valence-corrected chi connectivity index (χ4v) is 2.36. The summed E-state index contributed by atoms with van der Waals surface area (Å²) in [5.74, 6) is 0.600. The standard InChI is InChI=1S/C10H19F3N2OS/c1-17(16)7-4-14-9-2-5-15(6-3-9)8-10(11,12)13/h9,14H,2-8H2,1H3. The summed E-state index contributed by atoms with van der Waals surface area (Å²) in [6.07, 6.45) is -0.994. The fraction of sp³-hybridized carbons (Fsp3) is 1.00. The summed E-state index contributed by atoms with van der Waals surface area (Å²) >= 11 is 0. The minimum absolute atomic E-state index is 0.267. The molecule has 7 heteroatoms. The second-order valence-electron chi connectivity index (χ2n) is 4.40. The van der Waals surface area contributed by atoms with E-state index in [9.17, 15) is 17.4 Å². The van der Waals surface area contributed by atoms with E-state index in [1.54, 1.807) is 6.26 Å². The van der Waals surface area contributed by atoms with Crippen molar-refractivity contribution in [2.45, 2.75) is 25.1 Å². The van der Waals surface area contributed by atoms with E-state index < -0.39 is 23.5 Å². The van der Waals surface area contributed by atoms with Crippen LogP contribution >= 0.6 is 0 Å². The lowest BCUT2D eigenvalue weighted by atomic mass is 10.1. The molecule has 1 N–H and O–H groups in total. The summed E-state index contributed by atoms with van der Waals surface area (Å²) in [5.41, 5.74) is 0. The van der Waals surface area contributed by atoms with Gasteiger partial charge >= 0.3 is 6.18 Å². The van der Waals surface area contributed by atoms with Crippen LogP contribution in [0, 0.1) is 0 Å². The van der Waals surface area contributed by atoms with E-state index in [1.165, 1.54) is 4.90 Å². The van der Waals surface area contributed by atoms with Crippen molar-refractivity contribution >= 4 is 10.8 Å². The van der Waals surface area contributed by atoms with Crippen molar-refractivity contribution < 1.29 is 17.4 Å². The summed E-state index contributed by atoms with van der Waals surface area (Å²) in [6.45, 7) is 0.824. The van der Waals surface area contributed by atoms with E-state index in [1.807, 2.05) is 0 Å². The van der Waals surface area contributed by atoms with E-state index in [-0.39, 0.29) is 6.04 Å². The third-order valence-electron chi connectivity index (χ3n) is 2.81. The summed E-state index contributed by atoms with van der Waals surface area (Å²) < 4.78 is 47.2. The van der Waals surface area contributed by atoms with Crippen LogP contribution in [0.3, 0.4) is 0 Å². The van der Waals surface area contributed by atoms with Crippen LogP contribution in [-0.2, 0) is 10.8 Å². The number of piperidine rings is 1. The number of likely N-dealkylation sites (tertiary alicyclic amines) is 1. The number of rotatable bonds is 5. The second-order valence-corrected chi connectivity index (χ2v) is 5.95. The van der Waals surface area contributed by atoms with Crippen LogP contribution in [0.25, 0.3) is 0 Å². The van der Waals surface area contributed by atoms with Crippen LogP contribution in [0.2, 0.25) is 0 Å². The van der Waals surface area contributed by atoms with Gasteiger partial charge in [0.15, 0.2) is 0 Å². The third-order valence-corrected chi connectivity index (χ3v) is 3.59. The Balaban J connectivity index is 2.15. The molecular weight excluding hydrogens is 253 g/mol. The molecule has 1 unspecified atom stereocenters.